The molecule has 2 atom stereocenters. The van der Waals surface area contributed by atoms with Gasteiger partial charge in [0.25, 0.3) is 0 Å². The van der Waals surface area contributed by atoms with E-state index in [1.807, 2.05) is 0 Å². The number of carboxylic acids is 1. The Kier molecular flexibility index (Phi) is 5.16. The fourth-order valence-corrected chi connectivity index (χ4v) is 3.42. The molecule has 0 fully saturated rings. The lowest BCUT2D eigenvalue weighted by Crippen LogP contribution is -2.40. The molecule has 0 aliphatic carbocycles. The van der Waals surface area contributed by atoms with Crippen LogP contribution in [0.4, 0.5) is 0 Å². The van der Waals surface area contributed by atoms with Gasteiger partial charge in [0.2, 0.25) is 0 Å². The van der Waals surface area contributed by atoms with Gasteiger partial charge in [-0.3, -0.25) is 9.59 Å². The number of hydrogen-bond acceptors (Lipinski definition) is 5. The van der Waals surface area contributed by atoms with E-state index < -0.39 is 23.8 Å². The van der Waals surface area contributed by atoms with Crippen LogP contribution in [0.15, 0.2) is 48.5 Å². The second-order valence-electron chi connectivity index (χ2n) is 6.64. The zero-order valence-electron chi connectivity index (χ0n) is 14.7. The molecule has 0 aromatic heterocycles. The number of benzene rings is 2. The Morgan fingerprint density at radius 3 is 2.56 bits per heavy atom. The molecule has 0 amide bonds. The molecular weight excluding hydrogens is 348 g/mol. The number of fused-ring (bicyclic) bond motifs is 1. The van der Waals surface area contributed by atoms with Crippen molar-refractivity contribution in [2.24, 2.45) is 11.8 Å². The first-order valence-corrected chi connectivity index (χ1v) is 8.53. The lowest BCUT2D eigenvalue weighted by molar-refractivity contribution is -0.139. The van der Waals surface area contributed by atoms with Gasteiger partial charge in [-0.1, -0.05) is 24.3 Å². The first-order valence-electron chi connectivity index (χ1n) is 8.53. The fourth-order valence-electron chi connectivity index (χ4n) is 3.42. The molecule has 0 bridgehead atoms. The van der Waals surface area contributed by atoms with Crippen molar-refractivity contribution in [3.63, 3.8) is 0 Å². The fraction of sp³-hybridized carbons (Fsp3) is 0.238. The van der Waals surface area contributed by atoms with Crippen molar-refractivity contribution in [1.82, 2.24) is 0 Å². The third-order valence-electron chi connectivity index (χ3n) is 4.59. The van der Waals surface area contributed by atoms with Gasteiger partial charge in [0.1, 0.15) is 17.5 Å². The molecule has 138 valence electrons. The molecule has 0 saturated heterocycles. The minimum atomic E-state index is -1.10. The van der Waals surface area contributed by atoms with Gasteiger partial charge in [0.15, 0.2) is 5.78 Å². The minimum Gasteiger partial charge on any atom is -0.478 e. The Morgan fingerprint density at radius 1 is 1.11 bits per heavy atom. The highest BCUT2D eigenvalue weighted by Gasteiger charge is 2.42. The molecule has 6 heteroatoms. The van der Waals surface area contributed by atoms with Crippen molar-refractivity contribution in [1.29, 1.82) is 0 Å². The maximum Gasteiger partial charge on any atom is 0.335 e. The summed E-state index contributed by atoms with van der Waals surface area (Å²) in [6.45, 7) is 1.40. The molecule has 6 nitrogen and oxygen atoms in total. The van der Waals surface area contributed by atoms with E-state index in [0.29, 0.717) is 11.1 Å². The highest BCUT2D eigenvalue weighted by Crippen LogP contribution is 2.34. The smallest absolute Gasteiger partial charge is 0.335 e. The monoisotopic (exact) mass is 366 g/mol. The van der Waals surface area contributed by atoms with Gasteiger partial charge in [-0.05, 0) is 49.1 Å². The van der Waals surface area contributed by atoms with Gasteiger partial charge in [-0.25, -0.2) is 4.79 Å². The van der Waals surface area contributed by atoms with Crippen molar-refractivity contribution in [3.05, 3.63) is 65.2 Å². The molecule has 2 aromatic carbocycles. The molecule has 1 aliphatic rings. The maximum absolute atomic E-state index is 12.9. The molecule has 3 rings (SSSR count). The molecule has 1 aliphatic heterocycles. The number of ether oxygens (including phenoxy) is 1. The Hall–Kier alpha value is -3.28. The third-order valence-corrected chi connectivity index (χ3v) is 4.59. The van der Waals surface area contributed by atoms with Crippen molar-refractivity contribution >= 4 is 23.5 Å². The van der Waals surface area contributed by atoms with Crippen LogP contribution in [0.1, 0.15) is 39.6 Å². The molecule has 27 heavy (non-hydrogen) atoms. The summed E-state index contributed by atoms with van der Waals surface area (Å²) in [7, 11) is 0. The standard InChI is InChI=1S/C21H18O6/c1-12(22)9-15(11-13-5-4-6-14(10-13)20(24)25)18-19(23)16-7-2-3-8-17(16)27-21(18)26/h2-8,10,15,18H,9,11H2,1H3,(H,24,25). The summed E-state index contributed by atoms with van der Waals surface area (Å²) in [6, 6.07) is 12.8. The molecule has 1 heterocycles. The van der Waals surface area contributed by atoms with Gasteiger partial charge in [-0.2, -0.15) is 0 Å². The van der Waals surface area contributed by atoms with Gasteiger partial charge in [0.05, 0.1) is 11.1 Å². The third kappa shape index (κ3) is 3.95. The van der Waals surface area contributed by atoms with Crippen LogP contribution in [0, 0.1) is 11.8 Å². The van der Waals surface area contributed by atoms with E-state index in [2.05, 4.69) is 0 Å². The van der Waals surface area contributed by atoms with E-state index >= 15 is 0 Å². The number of Topliss-reactive ketones (excluding diaryl/α,β-unsaturated/α-hetero) is 2. The second kappa shape index (κ2) is 7.53. The Balaban J connectivity index is 1.94. The van der Waals surface area contributed by atoms with E-state index in [-0.39, 0.29) is 35.7 Å². The van der Waals surface area contributed by atoms with E-state index in [4.69, 9.17) is 9.84 Å². The van der Waals surface area contributed by atoms with Crippen molar-refractivity contribution in [2.45, 2.75) is 19.8 Å². The zero-order valence-corrected chi connectivity index (χ0v) is 14.7. The van der Waals surface area contributed by atoms with E-state index in [1.54, 1.807) is 36.4 Å². The van der Waals surface area contributed by atoms with Crippen LogP contribution in [-0.2, 0) is 16.0 Å². The average Bonchev–Trinajstić information content (AvgIpc) is 2.61. The minimum absolute atomic E-state index is 0.0188. The summed E-state index contributed by atoms with van der Waals surface area (Å²) in [6.07, 6.45) is 0.235. The molecule has 0 saturated carbocycles. The van der Waals surface area contributed by atoms with E-state index in [0.717, 1.165) is 0 Å². The SMILES string of the molecule is CC(=O)CC(Cc1cccc(C(=O)O)c1)C1C(=O)Oc2ccccc2C1=O. The predicted molar refractivity (Wildman–Crippen MR) is 95.8 cm³/mol. The maximum atomic E-state index is 12.9. The number of carboxylic acid groups (broad SMARTS) is 1. The normalized spacial score (nSPS) is 17.0. The van der Waals surface area contributed by atoms with Crippen LogP contribution in [0.25, 0.3) is 0 Å². The molecular formula is C21H18O6. The predicted octanol–water partition coefficient (Wildman–Crippen LogP) is 2.94. The van der Waals surface area contributed by atoms with Crippen LogP contribution in [0.5, 0.6) is 5.75 Å². The van der Waals surface area contributed by atoms with Crippen molar-refractivity contribution in [2.75, 3.05) is 0 Å². The topological polar surface area (TPSA) is 97.7 Å². The second-order valence-corrected chi connectivity index (χ2v) is 6.64. The first-order chi connectivity index (χ1) is 12.9. The summed E-state index contributed by atoms with van der Waals surface area (Å²) < 4.78 is 5.31. The van der Waals surface area contributed by atoms with Gasteiger partial charge >= 0.3 is 11.9 Å². The van der Waals surface area contributed by atoms with Crippen LogP contribution in [-0.4, -0.2) is 28.6 Å². The van der Waals surface area contributed by atoms with Gasteiger partial charge < -0.3 is 14.6 Å². The average molecular weight is 366 g/mol. The summed E-state index contributed by atoms with van der Waals surface area (Å²) in [4.78, 5) is 48.4. The lowest BCUT2D eigenvalue weighted by Gasteiger charge is -2.28. The quantitative estimate of drug-likeness (QED) is 0.479. The van der Waals surface area contributed by atoms with Crippen LogP contribution in [0.2, 0.25) is 0 Å². The molecule has 0 radical (unpaired) electrons. The number of rotatable bonds is 6. The van der Waals surface area contributed by atoms with E-state index in [9.17, 15) is 19.2 Å². The van der Waals surface area contributed by atoms with Crippen LogP contribution < -0.4 is 4.74 Å². The summed E-state index contributed by atoms with van der Waals surface area (Å²) >= 11 is 0. The zero-order chi connectivity index (χ0) is 19.6. The largest absolute Gasteiger partial charge is 0.478 e. The summed E-state index contributed by atoms with van der Waals surface area (Å²) in [5, 5.41) is 9.15. The first kappa shape index (κ1) is 18.5. The summed E-state index contributed by atoms with van der Waals surface area (Å²) in [5.74, 6) is -3.77. The van der Waals surface area contributed by atoms with Crippen molar-refractivity contribution < 1.29 is 29.0 Å². The Labute approximate surface area is 155 Å². The highest BCUT2D eigenvalue weighted by molar-refractivity contribution is 6.13. The lowest BCUT2D eigenvalue weighted by atomic mass is 9.78. The molecule has 1 N–H and O–H groups in total. The number of carbonyl (C=O) groups excluding carboxylic acids is 3. The number of hydrogen-bond donors (Lipinski definition) is 1. The van der Waals surface area contributed by atoms with Crippen LogP contribution in [0.3, 0.4) is 0 Å². The van der Waals surface area contributed by atoms with Crippen molar-refractivity contribution in [3.8, 4) is 5.75 Å². The van der Waals surface area contributed by atoms with Gasteiger partial charge in [-0.15, -0.1) is 0 Å². The van der Waals surface area contributed by atoms with Crippen LogP contribution >= 0.6 is 0 Å². The molecule has 2 aromatic rings. The Bertz CT molecular complexity index is 930. The number of esters is 1. The number of ketones is 2. The molecule has 2 unspecified atom stereocenters. The number of para-hydroxylation sites is 1. The highest BCUT2D eigenvalue weighted by atomic mass is 16.5. The summed E-state index contributed by atoms with van der Waals surface area (Å²) in [5.41, 5.74) is 1.06. The Morgan fingerprint density at radius 2 is 1.85 bits per heavy atom. The number of carbonyl (C=O) groups is 4. The van der Waals surface area contributed by atoms with E-state index in [1.165, 1.54) is 19.1 Å². The van der Waals surface area contributed by atoms with Gasteiger partial charge in [0, 0.05) is 6.42 Å². The molecule has 0 spiro atoms. The number of aromatic carboxylic acids is 1.